The van der Waals surface area contributed by atoms with Gasteiger partial charge in [0.25, 0.3) is 0 Å². The first-order chi connectivity index (χ1) is 8.88. The quantitative estimate of drug-likeness (QED) is 0.836. The van der Waals surface area contributed by atoms with E-state index in [9.17, 15) is 14.4 Å². The molecule has 1 heterocycles. The number of carboxylic acid groups (broad SMARTS) is 2. The number of rotatable bonds is 3. The van der Waals surface area contributed by atoms with Gasteiger partial charge in [0.15, 0.2) is 5.78 Å². The maximum absolute atomic E-state index is 11.4. The summed E-state index contributed by atoms with van der Waals surface area (Å²) in [4.78, 5) is 33.3. The van der Waals surface area contributed by atoms with Gasteiger partial charge in [-0.25, -0.2) is 9.59 Å². The van der Waals surface area contributed by atoms with Gasteiger partial charge in [0.2, 0.25) is 0 Å². The van der Waals surface area contributed by atoms with Crippen LogP contribution in [0.1, 0.15) is 27.6 Å². The van der Waals surface area contributed by atoms with E-state index in [-0.39, 0.29) is 29.1 Å². The highest BCUT2D eigenvalue weighted by Gasteiger charge is 2.23. The van der Waals surface area contributed by atoms with Crippen LogP contribution in [-0.2, 0) is 4.79 Å². The van der Waals surface area contributed by atoms with Crippen LogP contribution in [0, 0.1) is 0 Å². The lowest BCUT2D eigenvalue weighted by Gasteiger charge is -2.14. The van der Waals surface area contributed by atoms with Crippen molar-refractivity contribution in [3.05, 3.63) is 29.3 Å². The number of hydrogen-bond acceptors (Lipinski definition) is 5. The van der Waals surface area contributed by atoms with E-state index in [2.05, 4.69) is 5.10 Å². The third-order valence-electron chi connectivity index (χ3n) is 2.68. The molecule has 0 atom stereocenters. The van der Waals surface area contributed by atoms with E-state index in [0.717, 1.165) is 6.07 Å². The van der Waals surface area contributed by atoms with E-state index in [0.29, 0.717) is 5.71 Å². The smallest absolute Gasteiger partial charge is 0.335 e. The highest BCUT2D eigenvalue weighted by Crippen LogP contribution is 2.22. The van der Waals surface area contributed by atoms with Gasteiger partial charge in [-0.1, -0.05) is 0 Å². The maximum atomic E-state index is 11.4. The number of ketones is 1. The van der Waals surface area contributed by atoms with Gasteiger partial charge < -0.3 is 10.2 Å². The molecule has 0 aromatic heterocycles. The SMILES string of the molecule is CC1=NN(c2cc(C(=O)O)cc(C(=O)O)c2)CC1=O. The summed E-state index contributed by atoms with van der Waals surface area (Å²) in [5, 5.41) is 23.1. The van der Waals surface area contributed by atoms with E-state index in [1.54, 1.807) is 6.92 Å². The van der Waals surface area contributed by atoms with Crippen molar-refractivity contribution in [2.45, 2.75) is 6.92 Å². The summed E-state index contributed by atoms with van der Waals surface area (Å²) in [7, 11) is 0. The van der Waals surface area contributed by atoms with E-state index in [1.165, 1.54) is 17.1 Å². The van der Waals surface area contributed by atoms with Gasteiger partial charge in [0, 0.05) is 0 Å². The Kier molecular flexibility index (Phi) is 3.04. The van der Waals surface area contributed by atoms with Crippen LogP contribution in [0.3, 0.4) is 0 Å². The Hall–Kier alpha value is -2.70. The van der Waals surface area contributed by atoms with Gasteiger partial charge in [0.1, 0.15) is 12.3 Å². The van der Waals surface area contributed by atoms with E-state index >= 15 is 0 Å². The van der Waals surface area contributed by atoms with Crippen molar-refractivity contribution < 1.29 is 24.6 Å². The lowest BCUT2D eigenvalue weighted by molar-refractivity contribution is -0.111. The number of carbonyl (C=O) groups excluding carboxylic acids is 1. The lowest BCUT2D eigenvalue weighted by Crippen LogP contribution is -2.19. The minimum atomic E-state index is -1.24. The largest absolute Gasteiger partial charge is 0.478 e. The third kappa shape index (κ3) is 2.44. The van der Waals surface area contributed by atoms with Crippen molar-refractivity contribution in [1.29, 1.82) is 0 Å². The summed E-state index contributed by atoms with van der Waals surface area (Å²) >= 11 is 0. The zero-order chi connectivity index (χ0) is 14.2. The molecule has 0 radical (unpaired) electrons. The zero-order valence-corrected chi connectivity index (χ0v) is 9.95. The average molecular weight is 262 g/mol. The fourth-order valence-corrected chi connectivity index (χ4v) is 1.68. The molecule has 7 nitrogen and oxygen atoms in total. The van der Waals surface area contributed by atoms with Gasteiger partial charge >= 0.3 is 11.9 Å². The molecule has 1 aromatic rings. The monoisotopic (exact) mass is 262 g/mol. The molecule has 1 aromatic carbocycles. The van der Waals surface area contributed by atoms with Crippen LogP contribution < -0.4 is 5.01 Å². The minimum Gasteiger partial charge on any atom is -0.478 e. The molecule has 7 heteroatoms. The van der Waals surface area contributed by atoms with Crippen LogP contribution in [0.15, 0.2) is 23.3 Å². The summed E-state index contributed by atoms with van der Waals surface area (Å²) in [6.07, 6.45) is 0. The van der Waals surface area contributed by atoms with Gasteiger partial charge in [-0.15, -0.1) is 0 Å². The van der Waals surface area contributed by atoms with Crippen molar-refractivity contribution in [2.75, 3.05) is 11.6 Å². The topological polar surface area (TPSA) is 107 Å². The van der Waals surface area contributed by atoms with Crippen molar-refractivity contribution in [3.63, 3.8) is 0 Å². The fraction of sp³-hybridized carbons (Fsp3) is 0.167. The Morgan fingerprint density at radius 3 is 2.05 bits per heavy atom. The van der Waals surface area contributed by atoms with Crippen LogP contribution in [-0.4, -0.2) is 40.2 Å². The molecule has 19 heavy (non-hydrogen) atoms. The number of carboxylic acids is 2. The number of carbonyl (C=O) groups is 3. The highest BCUT2D eigenvalue weighted by atomic mass is 16.4. The Bertz CT molecular complexity index is 588. The summed E-state index contributed by atoms with van der Waals surface area (Å²) in [5.74, 6) is -2.66. The molecule has 0 spiro atoms. The molecule has 2 N–H and O–H groups in total. The molecule has 0 aliphatic carbocycles. The predicted octanol–water partition coefficient (Wildman–Crippen LogP) is 0.848. The number of benzene rings is 1. The van der Waals surface area contributed by atoms with E-state index in [4.69, 9.17) is 10.2 Å². The zero-order valence-electron chi connectivity index (χ0n) is 9.95. The number of nitrogens with zero attached hydrogens (tertiary/aromatic N) is 2. The molecule has 0 saturated carbocycles. The maximum Gasteiger partial charge on any atom is 0.335 e. The Balaban J connectivity index is 2.49. The second-order valence-corrected chi connectivity index (χ2v) is 4.05. The van der Waals surface area contributed by atoms with Crippen LogP contribution in [0.5, 0.6) is 0 Å². The molecule has 0 saturated heterocycles. The molecule has 98 valence electrons. The molecule has 1 aliphatic rings. The van der Waals surface area contributed by atoms with Crippen molar-refractivity contribution in [2.24, 2.45) is 5.10 Å². The average Bonchev–Trinajstić information content (AvgIpc) is 2.69. The molecule has 0 fully saturated rings. The fourth-order valence-electron chi connectivity index (χ4n) is 1.68. The molecule has 1 aliphatic heterocycles. The first kappa shape index (κ1) is 12.7. The Morgan fingerprint density at radius 2 is 1.68 bits per heavy atom. The minimum absolute atomic E-state index is 0.0199. The summed E-state index contributed by atoms with van der Waals surface area (Å²) in [5.41, 5.74) is 0.240. The van der Waals surface area contributed by atoms with Crippen molar-refractivity contribution in [3.8, 4) is 0 Å². The summed E-state index contributed by atoms with van der Waals surface area (Å²) in [6.45, 7) is 1.52. The molecule has 2 rings (SSSR count). The molecule has 0 amide bonds. The van der Waals surface area contributed by atoms with Crippen molar-refractivity contribution >= 4 is 29.1 Å². The molecule has 0 bridgehead atoms. The van der Waals surface area contributed by atoms with Gasteiger partial charge in [0.05, 0.1) is 16.8 Å². The predicted molar refractivity (Wildman–Crippen MR) is 65.8 cm³/mol. The van der Waals surface area contributed by atoms with Crippen LogP contribution in [0.25, 0.3) is 0 Å². The summed E-state index contributed by atoms with van der Waals surface area (Å²) < 4.78 is 0. The number of hydrogen-bond donors (Lipinski definition) is 2. The van der Waals surface area contributed by atoms with E-state index in [1.807, 2.05) is 0 Å². The van der Waals surface area contributed by atoms with Gasteiger partial charge in [-0.2, -0.15) is 5.10 Å². The Labute approximate surface area is 107 Å². The number of anilines is 1. The molecular weight excluding hydrogens is 252 g/mol. The van der Waals surface area contributed by atoms with Gasteiger partial charge in [-0.3, -0.25) is 9.80 Å². The number of aromatic carboxylic acids is 2. The van der Waals surface area contributed by atoms with Crippen LogP contribution in [0.4, 0.5) is 5.69 Å². The first-order valence-corrected chi connectivity index (χ1v) is 5.36. The summed E-state index contributed by atoms with van der Waals surface area (Å²) in [6, 6.07) is 3.62. The second kappa shape index (κ2) is 4.52. The van der Waals surface area contributed by atoms with Crippen LogP contribution >= 0.6 is 0 Å². The molecular formula is C12H10N2O5. The standard InChI is InChI=1S/C12H10N2O5/c1-6-10(15)5-14(13-6)9-3-7(11(16)17)2-8(4-9)12(18)19/h2-4H,5H2,1H3,(H,16,17)(H,18,19). The van der Waals surface area contributed by atoms with Crippen molar-refractivity contribution in [1.82, 2.24) is 0 Å². The van der Waals surface area contributed by atoms with Crippen LogP contribution in [0.2, 0.25) is 0 Å². The molecule has 0 unspecified atom stereocenters. The number of Topliss-reactive ketones (excluding diaryl/α,β-unsaturated/α-hetero) is 1. The Morgan fingerprint density at radius 1 is 1.16 bits per heavy atom. The second-order valence-electron chi connectivity index (χ2n) is 4.05. The normalized spacial score (nSPS) is 14.5. The van der Waals surface area contributed by atoms with Gasteiger partial charge in [-0.05, 0) is 25.1 Å². The number of hydrazone groups is 1. The third-order valence-corrected chi connectivity index (χ3v) is 2.68. The van der Waals surface area contributed by atoms with E-state index < -0.39 is 11.9 Å². The lowest BCUT2D eigenvalue weighted by atomic mass is 10.1. The first-order valence-electron chi connectivity index (χ1n) is 5.36. The highest BCUT2D eigenvalue weighted by molar-refractivity contribution is 6.42.